The highest BCUT2D eigenvalue weighted by Crippen LogP contribution is 2.37. The van der Waals surface area contributed by atoms with Crippen LogP contribution in [-0.2, 0) is 10.2 Å². The molecule has 7 nitrogen and oxygen atoms in total. The minimum atomic E-state index is -0.954. The van der Waals surface area contributed by atoms with Crippen LogP contribution >= 0.6 is 34.5 Å². The van der Waals surface area contributed by atoms with Crippen molar-refractivity contribution in [2.45, 2.75) is 32.6 Å². The van der Waals surface area contributed by atoms with Crippen molar-refractivity contribution in [2.24, 2.45) is 5.92 Å². The van der Waals surface area contributed by atoms with Gasteiger partial charge in [-0.25, -0.2) is 15.0 Å². The van der Waals surface area contributed by atoms with Crippen molar-refractivity contribution < 1.29 is 9.90 Å². The lowest BCUT2D eigenvalue weighted by atomic mass is 9.76. The van der Waals surface area contributed by atoms with E-state index in [4.69, 9.17) is 23.2 Å². The summed E-state index contributed by atoms with van der Waals surface area (Å²) >= 11 is 13.9. The van der Waals surface area contributed by atoms with Crippen molar-refractivity contribution in [1.29, 1.82) is 0 Å². The molecule has 176 valence electrons. The second-order valence-electron chi connectivity index (χ2n) is 8.55. The number of carboxylic acids is 1. The number of aromatic nitrogens is 3. The molecule has 1 atom stereocenters. The monoisotopic (exact) mass is 515 g/mol. The molecule has 2 aromatic carbocycles. The number of nitrogens with zero attached hydrogens (tertiary/aromatic N) is 3. The van der Waals surface area contributed by atoms with E-state index >= 15 is 0 Å². The number of hydrogen-bond donors (Lipinski definition) is 3. The molecule has 0 saturated carbocycles. The summed E-state index contributed by atoms with van der Waals surface area (Å²) in [6.45, 7) is 5.81. The SMILES string of the molecule is CC(C)CC(C)(C(=O)O)c1ccc(Nc2ncnc3sc(Nc4c(Cl)cccc4Cl)nc23)cc1. The second kappa shape index (κ2) is 9.74. The second-order valence-corrected chi connectivity index (χ2v) is 10.3. The van der Waals surface area contributed by atoms with Crippen LogP contribution in [0.1, 0.15) is 32.8 Å². The molecule has 2 heterocycles. The highest BCUT2D eigenvalue weighted by atomic mass is 35.5. The highest BCUT2D eigenvalue weighted by molar-refractivity contribution is 7.21. The fourth-order valence-electron chi connectivity index (χ4n) is 3.83. The number of carbonyl (C=O) groups is 1. The lowest BCUT2D eigenvalue weighted by Crippen LogP contribution is -2.33. The predicted octanol–water partition coefficient (Wildman–Crippen LogP) is 7.27. The third-order valence-corrected chi connectivity index (χ3v) is 6.97. The van der Waals surface area contributed by atoms with E-state index in [1.165, 1.54) is 17.7 Å². The average molecular weight is 516 g/mol. The first-order chi connectivity index (χ1) is 16.2. The van der Waals surface area contributed by atoms with Gasteiger partial charge >= 0.3 is 5.97 Å². The molecule has 0 saturated heterocycles. The fourth-order valence-corrected chi connectivity index (χ4v) is 5.13. The molecular formula is C24H23Cl2N5O2S. The Morgan fingerprint density at radius 1 is 1.09 bits per heavy atom. The summed E-state index contributed by atoms with van der Waals surface area (Å²) in [7, 11) is 0. The molecule has 3 N–H and O–H groups in total. The molecule has 34 heavy (non-hydrogen) atoms. The average Bonchev–Trinajstić information content (AvgIpc) is 3.20. The van der Waals surface area contributed by atoms with E-state index in [9.17, 15) is 9.90 Å². The summed E-state index contributed by atoms with van der Waals surface area (Å²) in [4.78, 5) is 26.0. The van der Waals surface area contributed by atoms with E-state index in [-0.39, 0.29) is 5.92 Å². The maximum atomic E-state index is 12.0. The van der Waals surface area contributed by atoms with E-state index < -0.39 is 11.4 Å². The van der Waals surface area contributed by atoms with Crippen LogP contribution in [0.5, 0.6) is 0 Å². The summed E-state index contributed by atoms with van der Waals surface area (Å²) < 4.78 is 0. The number of aliphatic carboxylic acids is 1. The van der Waals surface area contributed by atoms with Gasteiger partial charge in [0.05, 0.1) is 21.1 Å². The zero-order valence-electron chi connectivity index (χ0n) is 18.8. The van der Waals surface area contributed by atoms with Crippen LogP contribution in [-0.4, -0.2) is 26.0 Å². The van der Waals surface area contributed by atoms with Gasteiger partial charge in [-0.05, 0) is 49.1 Å². The highest BCUT2D eigenvalue weighted by Gasteiger charge is 2.35. The van der Waals surface area contributed by atoms with Crippen molar-refractivity contribution in [2.75, 3.05) is 10.6 Å². The van der Waals surface area contributed by atoms with Gasteiger partial charge in [-0.1, -0.05) is 66.6 Å². The summed E-state index contributed by atoms with van der Waals surface area (Å²) in [6, 6.07) is 12.6. The summed E-state index contributed by atoms with van der Waals surface area (Å²) in [5.41, 5.74) is 1.73. The zero-order valence-corrected chi connectivity index (χ0v) is 21.1. The predicted molar refractivity (Wildman–Crippen MR) is 139 cm³/mol. The Kier molecular flexibility index (Phi) is 6.93. The van der Waals surface area contributed by atoms with Crippen LogP contribution in [0.2, 0.25) is 10.0 Å². The van der Waals surface area contributed by atoms with Gasteiger partial charge in [0.1, 0.15) is 11.8 Å². The Hall–Kier alpha value is -2.94. The lowest BCUT2D eigenvalue weighted by molar-refractivity contribution is -0.143. The number of nitrogens with one attached hydrogen (secondary N) is 2. The lowest BCUT2D eigenvalue weighted by Gasteiger charge is -2.27. The van der Waals surface area contributed by atoms with E-state index in [0.29, 0.717) is 43.4 Å². The molecule has 0 radical (unpaired) electrons. The minimum Gasteiger partial charge on any atom is -0.481 e. The molecule has 0 aliphatic carbocycles. The van der Waals surface area contributed by atoms with Gasteiger partial charge in [0.25, 0.3) is 0 Å². The molecule has 0 spiro atoms. The van der Waals surface area contributed by atoms with Gasteiger partial charge in [-0.2, -0.15) is 0 Å². The number of rotatable bonds is 8. The van der Waals surface area contributed by atoms with Crippen LogP contribution in [0.4, 0.5) is 22.3 Å². The van der Waals surface area contributed by atoms with E-state index in [2.05, 4.69) is 25.6 Å². The van der Waals surface area contributed by atoms with Crippen molar-refractivity contribution >= 4 is 73.2 Å². The molecule has 10 heteroatoms. The van der Waals surface area contributed by atoms with Crippen LogP contribution in [0, 0.1) is 5.92 Å². The standard InChI is InChI=1S/C24H23Cl2N5O2S/c1-13(2)11-24(3,22(32)33)14-7-9-15(10-8-14)29-20-19-21(28-12-27-20)34-23(31-19)30-18-16(25)5-4-6-17(18)26/h4-10,12-13H,11H2,1-3H3,(H,30,31)(H,32,33)(H,27,28,29). The first-order valence-electron chi connectivity index (χ1n) is 10.6. The fraction of sp³-hybridized carbons (Fsp3) is 0.250. The van der Waals surface area contributed by atoms with Crippen molar-refractivity contribution in [3.05, 3.63) is 64.4 Å². The van der Waals surface area contributed by atoms with Crippen LogP contribution in [0.25, 0.3) is 10.3 Å². The third kappa shape index (κ3) is 4.94. The number of carboxylic acid groups (broad SMARTS) is 1. The van der Waals surface area contributed by atoms with Crippen molar-refractivity contribution in [3.8, 4) is 0 Å². The van der Waals surface area contributed by atoms with E-state index in [0.717, 1.165) is 11.3 Å². The van der Waals surface area contributed by atoms with Crippen LogP contribution in [0.15, 0.2) is 48.8 Å². The Morgan fingerprint density at radius 2 is 1.76 bits per heavy atom. The summed E-state index contributed by atoms with van der Waals surface area (Å²) in [6.07, 6.45) is 2.01. The van der Waals surface area contributed by atoms with Gasteiger partial charge in [0.2, 0.25) is 0 Å². The number of hydrogen-bond acceptors (Lipinski definition) is 7. The maximum Gasteiger partial charge on any atom is 0.313 e. The Bertz CT molecular complexity index is 1320. The Balaban J connectivity index is 1.60. The first kappa shape index (κ1) is 24.2. The largest absolute Gasteiger partial charge is 0.481 e. The summed E-state index contributed by atoms with van der Waals surface area (Å²) in [5.74, 6) is -0.0441. The zero-order chi connectivity index (χ0) is 24.5. The van der Waals surface area contributed by atoms with Crippen molar-refractivity contribution in [3.63, 3.8) is 0 Å². The topological polar surface area (TPSA) is 100 Å². The molecule has 0 fully saturated rings. The first-order valence-corrected chi connectivity index (χ1v) is 12.2. The quantitative estimate of drug-likeness (QED) is 0.226. The number of anilines is 4. The van der Waals surface area contributed by atoms with Gasteiger partial charge in [0.15, 0.2) is 15.8 Å². The number of thiazole rings is 1. The van der Waals surface area contributed by atoms with Gasteiger partial charge < -0.3 is 15.7 Å². The molecule has 2 aromatic heterocycles. The number of fused-ring (bicyclic) bond motifs is 1. The molecule has 0 bridgehead atoms. The molecule has 0 aliphatic heterocycles. The molecular weight excluding hydrogens is 493 g/mol. The smallest absolute Gasteiger partial charge is 0.313 e. The number of halogens is 2. The maximum absolute atomic E-state index is 12.0. The van der Waals surface area contributed by atoms with E-state index in [1.54, 1.807) is 25.1 Å². The Labute approximate surface area is 211 Å². The minimum absolute atomic E-state index is 0.251. The Morgan fingerprint density at radius 3 is 2.38 bits per heavy atom. The normalized spacial score (nSPS) is 13.1. The third-order valence-electron chi connectivity index (χ3n) is 5.46. The molecule has 0 amide bonds. The number of benzene rings is 2. The van der Waals surface area contributed by atoms with Crippen LogP contribution in [0.3, 0.4) is 0 Å². The van der Waals surface area contributed by atoms with Crippen molar-refractivity contribution in [1.82, 2.24) is 15.0 Å². The van der Waals surface area contributed by atoms with E-state index in [1.807, 2.05) is 38.1 Å². The number of para-hydroxylation sites is 1. The molecule has 4 rings (SSSR count). The van der Waals surface area contributed by atoms with Gasteiger partial charge in [-0.3, -0.25) is 4.79 Å². The summed E-state index contributed by atoms with van der Waals surface area (Å²) in [5, 5.41) is 17.8. The van der Waals surface area contributed by atoms with Gasteiger partial charge in [-0.15, -0.1) is 0 Å². The van der Waals surface area contributed by atoms with Crippen LogP contribution < -0.4 is 10.6 Å². The molecule has 4 aromatic rings. The van der Waals surface area contributed by atoms with Gasteiger partial charge in [0, 0.05) is 5.69 Å². The molecule has 1 unspecified atom stereocenters. The molecule has 0 aliphatic rings.